The van der Waals surface area contributed by atoms with Crippen LogP contribution in [0.4, 0.5) is 5.69 Å². The van der Waals surface area contributed by atoms with E-state index in [1.807, 2.05) is 0 Å². The van der Waals surface area contributed by atoms with Crippen LogP contribution in [0.2, 0.25) is 10.0 Å². The number of hydrogen-bond acceptors (Lipinski definition) is 4. The highest BCUT2D eigenvalue weighted by molar-refractivity contribution is 6.37. The molecule has 2 rings (SSSR count). The first-order valence-corrected chi connectivity index (χ1v) is 6.55. The number of aromatic nitrogens is 1. The molecule has 0 aliphatic heterocycles. The Kier molecular flexibility index (Phi) is 4.40. The Labute approximate surface area is 129 Å². The minimum atomic E-state index is -0.531. The van der Waals surface area contributed by atoms with Crippen LogP contribution in [0, 0.1) is 0 Å². The summed E-state index contributed by atoms with van der Waals surface area (Å²) in [6, 6.07) is 4.25. The van der Waals surface area contributed by atoms with E-state index in [-0.39, 0.29) is 27.1 Å². The summed E-state index contributed by atoms with van der Waals surface area (Å²) in [5.41, 5.74) is 5.38. The van der Waals surface area contributed by atoms with Crippen LogP contribution >= 0.6 is 23.2 Å². The second-order valence-electron chi connectivity index (χ2n) is 4.07. The molecule has 1 heterocycles. The Morgan fingerprint density at radius 1 is 1.29 bits per heavy atom. The first-order valence-electron chi connectivity index (χ1n) is 5.79. The molecule has 0 aliphatic rings. The fourth-order valence-electron chi connectivity index (χ4n) is 1.62. The summed E-state index contributed by atoms with van der Waals surface area (Å²) in [4.78, 5) is 25.5. The number of ether oxygens (including phenoxy) is 1. The molecule has 0 saturated carbocycles. The zero-order valence-corrected chi connectivity index (χ0v) is 12.4. The van der Waals surface area contributed by atoms with E-state index < -0.39 is 11.5 Å². The number of anilines is 1. The van der Waals surface area contributed by atoms with Crippen molar-refractivity contribution in [1.82, 2.24) is 10.3 Å². The lowest BCUT2D eigenvalue weighted by Crippen LogP contribution is -2.26. The number of nitrogens with one attached hydrogen (secondary N) is 2. The van der Waals surface area contributed by atoms with Gasteiger partial charge < -0.3 is 20.8 Å². The normalized spacial score (nSPS) is 10.2. The maximum atomic E-state index is 11.6. The van der Waals surface area contributed by atoms with E-state index in [2.05, 4.69) is 10.3 Å². The summed E-state index contributed by atoms with van der Waals surface area (Å²) in [6.07, 6.45) is 1.30. The number of hydrogen-bond donors (Lipinski definition) is 3. The van der Waals surface area contributed by atoms with Gasteiger partial charge in [-0.15, -0.1) is 0 Å². The molecule has 0 bridgehead atoms. The summed E-state index contributed by atoms with van der Waals surface area (Å²) < 4.78 is 5.52. The number of benzene rings is 1. The average Bonchev–Trinajstić information content (AvgIpc) is 2.43. The van der Waals surface area contributed by atoms with Crippen LogP contribution in [0.5, 0.6) is 11.5 Å². The third-order valence-corrected chi connectivity index (χ3v) is 3.15. The number of H-pyrrole nitrogens is 1. The maximum Gasteiger partial charge on any atom is 0.261 e. The van der Waals surface area contributed by atoms with Gasteiger partial charge in [-0.2, -0.15) is 0 Å². The molecule has 6 nitrogen and oxygen atoms in total. The van der Waals surface area contributed by atoms with Crippen molar-refractivity contribution >= 4 is 34.8 Å². The molecule has 110 valence electrons. The van der Waals surface area contributed by atoms with Crippen LogP contribution in [0.15, 0.2) is 29.2 Å². The summed E-state index contributed by atoms with van der Waals surface area (Å²) in [5.74, 6) is -0.139. The highest BCUT2D eigenvalue weighted by Gasteiger charge is 2.14. The van der Waals surface area contributed by atoms with Gasteiger partial charge in [0.05, 0.1) is 10.0 Å². The summed E-state index contributed by atoms with van der Waals surface area (Å²) in [5, 5.41) is 2.79. The number of aromatic amines is 1. The molecule has 4 N–H and O–H groups in total. The number of pyridine rings is 1. The molecule has 8 heteroatoms. The van der Waals surface area contributed by atoms with E-state index >= 15 is 0 Å². The van der Waals surface area contributed by atoms with Crippen LogP contribution in [-0.2, 0) is 0 Å². The molecule has 21 heavy (non-hydrogen) atoms. The molecule has 0 radical (unpaired) electrons. The minimum Gasteiger partial charge on any atom is -0.453 e. The van der Waals surface area contributed by atoms with Crippen molar-refractivity contribution in [3.05, 3.63) is 50.4 Å². The van der Waals surface area contributed by atoms with E-state index in [9.17, 15) is 9.59 Å². The van der Waals surface area contributed by atoms with E-state index in [1.165, 1.54) is 31.4 Å². The van der Waals surface area contributed by atoms with Gasteiger partial charge in [0.2, 0.25) is 0 Å². The third kappa shape index (κ3) is 3.29. The molecule has 1 aromatic heterocycles. The number of halogens is 2. The summed E-state index contributed by atoms with van der Waals surface area (Å²) >= 11 is 12.0. The number of rotatable bonds is 3. The van der Waals surface area contributed by atoms with Crippen molar-refractivity contribution in [3.8, 4) is 11.5 Å². The SMILES string of the molecule is CNC(=O)c1cc(Oc2c(Cl)cc(N)cc2Cl)c[nH]c1=O. The maximum absolute atomic E-state index is 11.6. The third-order valence-electron chi connectivity index (χ3n) is 2.59. The Morgan fingerprint density at radius 2 is 1.90 bits per heavy atom. The number of nitrogens with two attached hydrogens (primary N) is 1. The quantitative estimate of drug-likeness (QED) is 0.754. The number of nitrogen functional groups attached to an aromatic ring is 1. The van der Waals surface area contributed by atoms with Crippen LogP contribution in [0.3, 0.4) is 0 Å². The molecule has 1 aromatic carbocycles. The first kappa shape index (κ1) is 15.2. The van der Waals surface area contributed by atoms with Crippen molar-refractivity contribution in [1.29, 1.82) is 0 Å². The molecular weight excluding hydrogens is 317 g/mol. The van der Waals surface area contributed by atoms with Crippen LogP contribution in [0.1, 0.15) is 10.4 Å². The van der Waals surface area contributed by atoms with Gasteiger partial charge in [0, 0.05) is 25.0 Å². The van der Waals surface area contributed by atoms with E-state index in [1.54, 1.807) is 0 Å². The fraction of sp³-hybridized carbons (Fsp3) is 0.0769. The van der Waals surface area contributed by atoms with Crippen molar-refractivity contribution in [2.75, 3.05) is 12.8 Å². The van der Waals surface area contributed by atoms with Gasteiger partial charge in [-0.05, 0) is 12.1 Å². The van der Waals surface area contributed by atoms with E-state index in [0.717, 1.165) is 0 Å². The van der Waals surface area contributed by atoms with Gasteiger partial charge in [-0.3, -0.25) is 9.59 Å². The molecule has 0 spiro atoms. The molecule has 0 atom stereocenters. The van der Waals surface area contributed by atoms with Crippen LogP contribution in [-0.4, -0.2) is 17.9 Å². The number of carbonyl (C=O) groups is 1. The zero-order valence-electron chi connectivity index (χ0n) is 10.9. The second kappa shape index (κ2) is 6.07. The van der Waals surface area contributed by atoms with Gasteiger partial charge in [0.1, 0.15) is 11.3 Å². The topological polar surface area (TPSA) is 97.2 Å². The van der Waals surface area contributed by atoms with Crippen molar-refractivity contribution < 1.29 is 9.53 Å². The molecule has 0 fully saturated rings. The predicted molar refractivity (Wildman–Crippen MR) is 81.4 cm³/mol. The standard InChI is InChI=1S/C13H11Cl2N3O3/c1-17-12(19)8-4-7(5-18-13(8)20)21-11-9(14)2-6(16)3-10(11)15/h2-5H,16H2,1H3,(H,17,19)(H,18,20). The highest BCUT2D eigenvalue weighted by atomic mass is 35.5. The summed E-state index contributed by atoms with van der Waals surface area (Å²) in [7, 11) is 1.42. The monoisotopic (exact) mass is 327 g/mol. The van der Waals surface area contributed by atoms with Crippen molar-refractivity contribution in [2.24, 2.45) is 0 Å². The molecular formula is C13H11Cl2N3O3. The van der Waals surface area contributed by atoms with E-state index in [4.69, 9.17) is 33.7 Å². The van der Waals surface area contributed by atoms with Gasteiger partial charge >= 0.3 is 0 Å². The first-order chi connectivity index (χ1) is 9.92. The van der Waals surface area contributed by atoms with E-state index in [0.29, 0.717) is 5.69 Å². The Hall–Kier alpha value is -2.18. The van der Waals surface area contributed by atoms with Crippen LogP contribution in [0.25, 0.3) is 0 Å². The van der Waals surface area contributed by atoms with Crippen molar-refractivity contribution in [2.45, 2.75) is 0 Å². The van der Waals surface area contributed by atoms with Crippen molar-refractivity contribution in [3.63, 3.8) is 0 Å². The lowest BCUT2D eigenvalue weighted by atomic mass is 10.2. The molecule has 0 unspecified atom stereocenters. The lowest BCUT2D eigenvalue weighted by molar-refractivity contribution is 0.0961. The molecule has 1 amide bonds. The molecule has 0 saturated heterocycles. The zero-order chi connectivity index (χ0) is 15.6. The van der Waals surface area contributed by atoms with Gasteiger partial charge in [-0.1, -0.05) is 23.2 Å². The van der Waals surface area contributed by atoms with Gasteiger partial charge in [0.25, 0.3) is 11.5 Å². The number of carbonyl (C=O) groups excluding carboxylic acids is 1. The lowest BCUT2D eigenvalue weighted by Gasteiger charge is -2.10. The molecule has 2 aromatic rings. The second-order valence-corrected chi connectivity index (χ2v) is 4.89. The minimum absolute atomic E-state index is 0.0855. The van der Waals surface area contributed by atoms with Crippen LogP contribution < -0.4 is 21.3 Å². The highest BCUT2D eigenvalue weighted by Crippen LogP contribution is 2.37. The van der Waals surface area contributed by atoms with Gasteiger partial charge in [-0.25, -0.2) is 0 Å². The number of amides is 1. The smallest absolute Gasteiger partial charge is 0.261 e. The Balaban J connectivity index is 2.41. The fourth-order valence-corrected chi connectivity index (χ4v) is 2.20. The predicted octanol–water partition coefficient (Wildman–Crippen LogP) is 2.42. The van der Waals surface area contributed by atoms with Gasteiger partial charge in [0.15, 0.2) is 5.75 Å². The Bertz CT molecular complexity index is 736. The molecule has 0 aliphatic carbocycles. The largest absolute Gasteiger partial charge is 0.453 e. The summed E-state index contributed by atoms with van der Waals surface area (Å²) in [6.45, 7) is 0. The Morgan fingerprint density at radius 3 is 2.48 bits per heavy atom. The average molecular weight is 328 g/mol.